The number of aldehydes is 1. The van der Waals surface area contributed by atoms with E-state index in [0.29, 0.717) is 11.8 Å². The third-order valence-corrected chi connectivity index (χ3v) is 2.08. The van der Waals surface area contributed by atoms with E-state index >= 15 is 0 Å². The lowest BCUT2D eigenvalue weighted by Gasteiger charge is -2.06. The molecule has 0 aliphatic carbocycles. The van der Waals surface area contributed by atoms with E-state index in [9.17, 15) is 14.7 Å². The monoisotopic (exact) mass is 236 g/mol. The Morgan fingerprint density at radius 2 is 2.18 bits per heavy atom. The maximum Gasteiger partial charge on any atom is 0.307 e. The Morgan fingerprint density at radius 3 is 2.71 bits per heavy atom. The Morgan fingerprint density at radius 1 is 1.47 bits per heavy atom. The Bertz CT molecular complexity index is 462. The molecule has 0 atom stereocenters. The molecule has 0 radical (unpaired) electrons. The zero-order chi connectivity index (χ0) is 12.8. The fourth-order valence-electron chi connectivity index (χ4n) is 1.29. The molecule has 0 amide bonds. The number of hydrogen-bond acceptors (Lipinski definition) is 4. The molecule has 0 aliphatic heterocycles. The molecule has 1 aromatic rings. The maximum absolute atomic E-state index is 10.7. The molecule has 0 saturated carbocycles. The third kappa shape index (κ3) is 3.34. The lowest BCUT2D eigenvalue weighted by molar-refractivity contribution is -0.135. The Kier molecular flexibility index (Phi) is 4.28. The van der Waals surface area contributed by atoms with E-state index < -0.39 is 5.97 Å². The molecule has 0 spiro atoms. The molecule has 90 valence electrons. The van der Waals surface area contributed by atoms with E-state index in [-0.39, 0.29) is 23.5 Å². The highest BCUT2D eigenvalue weighted by Crippen LogP contribution is 2.30. The van der Waals surface area contributed by atoms with Crippen molar-refractivity contribution < 1.29 is 24.5 Å². The number of methoxy groups -OCH3 is 1. The summed E-state index contributed by atoms with van der Waals surface area (Å²) in [7, 11) is 1.37. The molecular formula is C12H12O5. The van der Waals surface area contributed by atoms with E-state index in [1.807, 2.05) is 0 Å². The van der Waals surface area contributed by atoms with Crippen LogP contribution in [0.25, 0.3) is 6.08 Å². The summed E-state index contributed by atoms with van der Waals surface area (Å²) in [6.45, 7) is 0. The number of carbonyl (C=O) groups is 2. The lowest BCUT2D eigenvalue weighted by Crippen LogP contribution is -1.91. The Hall–Kier alpha value is -2.30. The zero-order valence-electron chi connectivity index (χ0n) is 9.21. The highest BCUT2D eigenvalue weighted by molar-refractivity contribution is 5.83. The SMILES string of the molecule is COc1cc(C=CCC(=O)O)cc(C=O)c1O. The van der Waals surface area contributed by atoms with Crippen molar-refractivity contribution >= 4 is 18.3 Å². The van der Waals surface area contributed by atoms with Crippen molar-refractivity contribution in [2.45, 2.75) is 6.42 Å². The number of aromatic hydroxyl groups is 1. The number of phenols is 1. The summed E-state index contributed by atoms with van der Waals surface area (Å²) in [6.07, 6.45) is 3.39. The summed E-state index contributed by atoms with van der Waals surface area (Å²) in [5.41, 5.74) is 0.683. The highest BCUT2D eigenvalue weighted by Gasteiger charge is 2.08. The Balaban J connectivity index is 3.04. The molecule has 0 aliphatic rings. The summed E-state index contributed by atoms with van der Waals surface area (Å²) in [5.74, 6) is -0.995. The summed E-state index contributed by atoms with van der Waals surface area (Å²) in [4.78, 5) is 21.0. The number of rotatable bonds is 5. The van der Waals surface area contributed by atoms with Crippen LogP contribution in [0.4, 0.5) is 0 Å². The fourth-order valence-corrected chi connectivity index (χ4v) is 1.29. The van der Waals surface area contributed by atoms with Crippen molar-refractivity contribution in [1.82, 2.24) is 0 Å². The summed E-state index contributed by atoms with van der Waals surface area (Å²) < 4.78 is 4.90. The molecule has 17 heavy (non-hydrogen) atoms. The van der Waals surface area contributed by atoms with Crippen molar-refractivity contribution in [3.05, 3.63) is 29.3 Å². The van der Waals surface area contributed by atoms with E-state index in [0.717, 1.165) is 0 Å². The quantitative estimate of drug-likeness (QED) is 0.760. The largest absolute Gasteiger partial charge is 0.504 e. The zero-order valence-corrected chi connectivity index (χ0v) is 9.21. The van der Waals surface area contributed by atoms with Gasteiger partial charge in [0.15, 0.2) is 17.8 Å². The van der Waals surface area contributed by atoms with Crippen LogP contribution in [0.15, 0.2) is 18.2 Å². The molecule has 0 heterocycles. The Labute approximate surface area is 98.0 Å². The van der Waals surface area contributed by atoms with E-state index in [2.05, 4.69) is 0 Å². The maximum atomic E-state index is 10.7. The second-order valence-electron chi connectivity index (χ2n) is 3.28. The first-order valence-electron chi connectivity index (χ1n) is 4.83. The van der Waals surface area contributed by atoms with Crippen molar-refractivity contribution in [3.63, 3.8) is 0 Å². The predicted octanol–water partition coefficient (Wildman–Crippen LogP) is 1.70. The van der Waals surface area contributed by atoms with Crippen LogP contribution in [0.3, 0.4) is 0 Å². The average Bonchev–Trinajstić information content (AvgIpc) is 2.30. The topological polar surface area (TPSA) is 83.8 Å². The van der Waals surface area contributed by atoms with Gasteiger partial charge in [-0.2, -0.15) is 0 Å². The minimum atomic E-state index is -0.942. The van der Waals surface area contributed by atoms with Crippen LogP contribution in [0.5, 0.6) is 11.5 Å². The molecule has 0 unspecified atom stereocenters. The first-order valence-corrected chi connectivity index (χ1v) is 4.83. The van der Waals surface area contributed by atoms with Gasteiger partial charge in [-0.1, -0.05) is 12.2 Å². The molecule has 0 aromatic heterocycles. The average molecular weight is 236 g/mol. The van der Waals surface area contributed by atoms with Crippen LogP contribution in [0.2, 0.25) is 0 Å². The molecule has 1 aromatic carbocycles. The minimum Gasteiger partial charge on any atom is -0.504 e. The molecule has 1 rings (SSSR count). The van der Waals surface area contributed by atoms with E-state index in [1.165, 1.54) is 25.3 Å². The standard InChI is InChI=1S/C12H12O5/c1-17-10-6-8(3-2-4-11(14)15)5-9(7-13)12(10)16/h2-3,5-7,16H,4H2,1H3,(H,14,15). The van der Waals surface area contributed by atoms with Gasteiger partial charge in [-0.05, 0) is 17.7 Å². The number of ether oxygens (including phenoxy) is 1. The van der Waals surface area contributed by atoms with Gasteiger partial charge in [0.2, 0.25) is 0 Å². The van der Waals surface area contributed by atoms with Crippen molar-refractivity contribution in [3.8, 4) is 11.5 Å². The van der Waals surface area contributed by atoms with Crippen LogP contribution >= 0.6 is 0 Å². The first kappa shape index (κ1) is 12.8. The van der Waals surface area contributed by atoms with Crippen LogP contribution in [0, 0.1) is 0 Å². The molecule has 0 bridgehead atoms. The molecular weight excluding hydrogens is 224 g/mol. The lowest BCUT2D eigenvalue weighted by atomic mass is 10.1. The van der Waals surface area contributed by atoms with Crippen molar-refractivity contribution in [2.75, 3.05) is 7.11 Å². The highest BCUT2D eigenvalue weighted by atomic mass is 16.5. The van der Waals surface area contributed by atoms with Gasteiger partial charge in [-0.25, -0.2) is 0 Å². The van der Waals surface area contributed by atoms with Gasteiger partial charge in [0.25, 0.3) is 0 Å². The van der Waals surface area contributed by atoms with Gasteiger partial charge in [-0.3, -0.25) is 9.59 Å². The second kappa shape index (κ2) is 5.69. The van der Waals surface area contributed by atoms with Crippen LogP contribution < -0.4 is 4.74 Å². The molecule has 0 fully saturated rings. The fraction of sp³-hybridized carbons (Fsp3) is 0.167. The van der Waals surface area contributed by atoms with Gasteiger partial charge in [0.1, 0.15) is 0 Å². The number of carboxylic acid groups (broad SMARTS) is 1. The van der Waals surface area contributed by atoms with Crippen molar-refractivity contribution in [2.24, 2.45) is 0 Å². The number of benzene rings is 1. The second-order valence-corrected chi connectivity index (χ2v) is 3.28. The number of aliphatic carboxylic acids is 1. The number of carbonyl (C=O) groups excluding carboxylic acids is 1. The van der Waals surface area contributed by atoms with Crippen LogP contribution in [0.1, 0.15) is 22.3 Å². The van der Waals surface area contributed by atoms with Gasteiger partial charge in [0, 0.05) is 0 Å². The molecule has 5 heteroatoms. The normalized spacial score (nSPS) is 10.4. The van der Waals surface area contributed by atoms with Crippen LogP contribution in [-0.2, 0) is 4.79 Å². The molecule has 0 saturated heterocycles. The predicted molar refractivity (Wildman–Crippen MR) is 61.3 cm³/mol. The van der Waals surface area contributed by atoms with Crippen LogP contribution in [-0.4, -0.2) is 29.6 Å². The van der Waals surface area contributed by atoms with E-state index in [4.69, 9.17) is 9.84 Å². The van der Waals surface area contributed by atoms with Gasteiger partial charge in [0.05, 0.1) is 19.1 Å². The smallest absolute Gasteiger partial charge is 0.307 e. The van der Waals surface area contributed by atoms with Gasteiger partial charge in [-0.15, -0.1) is 0 Å². The van der Waals surface area contributed by atoms with Gasteiger partial charge >= 0.3 is 5.97 Å². The molecule has 2 N–H and O–H groups in total. The summed E-state index contributed by atoms with van der Waals surface area (Å²) in [6, 6.07) is 2.96. The number of hydrogen-bond donors (Lipinski definition) is 2. The van der Waals surface area contributed by atoms with Crippen molar-refractivity contribution in [1.29, 1.82) is 0 Å². The van der Waals surface area contributed by atoms with E-state index in [1.54, 1.807) is 6.08 Å². The van der Waals surface area contributed by atoms with Gasteiger partial charge < -0.3 is 14.9 Å². The summed E-state index contributed by atoms with van der Waals surface area (Å²) >= 11 is 0. The third-order valence-electron chi connectivity index (χ3n) is 2.08. The first-order chi connectivity index (χ1) is 8.08. The number of carboxylic acids is 1. The summed E-state index contributed by atoms with van der Waals surface area (Å²) in [5, 5.41) is 18.0. The number of phenolic OH excluding ortho intramolecular Hbond substituents is 1. The molecule has 5 nitrogen and oxygen atoms in total. The minimum absolute atomic E-state index is 0.0966.